The van der Waals surface area contributed by atoms with Crippen LogP contribution in [0.5, 0.6) is 11.5 Å². The summed E-state index contributed by atoms with van der Waals surface area (Å²) in [5.41, 5.74) is 2.22. The van der Waals surface area contributed by atoms with Gasteiger partial charge in [0.15, 0.2) is 5.82 Å². The molecule has 4 aliphatic rings. The second kappa shape index (κ2) is 19.2. The second-order valence-electron chi connectivity index (χ2n) is 15.3. The van der Waals surface area contributed by atoms with Crippen LogP contribution in [0.3, 0.4) is 0 Å². The van der Waals surface area contributed by atoms with Crippen molar-refractivity contribution in [2.75, 3.05) is 75.4 Å². The van der Waals surface area contributed by atoms with E-state index in [2.05, 4.69) is 25.9 Å². The van der Waals surface area contributed by atoms with Gasteiger partial charge in [-0.25, -0.2) is 4.98 Å². The highest BCUT2D eigenvalue weighted by Gasteiger charge is 2.49. The summed E-state index contributed by atoms with van der Waals surface area (Å²) in [7, 11) is 2.76. The Bertz CT molecular complexity index is 2140. The molecule has 0 spiro atoms. The number of hydrogen-bond acceptors (Lipinski definition) is 13. The minimum Gasteiger partial charge on any atom is -0.495 e. The molecule has 17 nitrogen and oxygen atoms in total. The van der Waals surface area contributed by atoms with Crippen LogP contribution in [0.1, 0.15) is 77.6 Å². The molecule has 1 unspecified atom stereocenters. The number of imide groups is 1. The van der Waals surface area contributed by atoms with E-state index in [4.69, 9.17) is 18.9 Å². The molecule has 1 saturated carbocycles. The van der Waals surface area contributed by atoms with Crippen LogP contribution in [0.15, 0.2) is 42.6 Å². The number of carbonyl (C=O) groups is 5. The minimum atomic E-state index is -3.58. The van der Waals surface area contributed by atoms with Crippen molar-refractivity contribution < 1.29 is 51.7 Å². The van der Waals surface area contributed by atoms with Crippen molar-refractivity contribution in [1.82, 2.24) is 25.5 Å². The van der Waals surface area contributed by atoms with Crippen molar-refractivity contribution in [1.29, 1.82) is 0 Å². The number of methoxy groups -OCH3 is 1. The highest BCUT2D eigenvalue weighted by Crippen LogP contribution is 2.40. The van der Waals surface area contributed by atoms with Gasteiger partial charge in [0.05, 0.1) is 38.7 Å². The molecule has 7 rings (SSSR count). The van der Waals surface area contributed by atoms with Crippen LogP contribution in [0, 0.1) is 0 Å². The van der Waals surface area contributed by atoms with Gasteiger partial charge in [0, 0.05) is 62.6 Å². The zero-order valence-corrected chi connectivity index (χ0v) is 34.2. The van der Waals surface area contributed by atoms with E-state index in [9.17, 15) is 32.8 Å². The lowest BCUT2D eigenvalue weighted by Crippen LogP contribution is -2.52. The third-order valence-electron chi connectivity index (χ3n) is 11.2. The van der Waals surface area contributed by atoms with Gasteiger partial charge < -0.3 is 44.3 Å². The highest BCUT2D eigenvalue weighted by molar-refractivity contribution is 6.06. The third-order valence-corrected chi connectivity index (χ3v) is 11.2. The van der Waals surface area contributed by atoms with Gasteiger partial charge in [-0.15, -0.1) is 0 Å². The average molecular weight is 849 g/mol. The molecule has 4 heterocycles. The summed E-state index contributed by atoms with van der Waals surface area (Å²) >= 11 is 0. The average Bonchev–Trinajstić information content (AvgIpc) is 3.90. The molecule has 1 atom stereocenters. The standard InChI is InChI=1S/C42H50F2N8O9/c1-50-32-23-46-41(49-36(32)52(27-8-3-4-9-27)25-42(43,44)40(50)57)47-30-13-12-26(22-34(30)58-2)37(54)45-16-6-17-59-18-7-19-60-20-21-61-33-11-5-10-28-29(33)24-51(39(28)56)31-14-15-35(53)48-38(31)55/h5,10-13,22-23,27,31H,3-4,6-9,14-21,24-25H2,1-2H3,(H,45,54)(H,46,47,49)(H,48,53,55). The highest BCUT2D eigenvalue weighted by atomic mass is 19.3. The van der Waals surface area contributed by atoms with Crippen LogP contribution in [0.4, 0.5) is 31.9 Å². The number of halogens is 2. The fourth-order valence-electron chi connectivity index (χ4n) is 8.01. The number of amides is 5. The Morgan fingerprint density at radius 1 is 0.951 bits per heavy atom. The SMILES string of the molecule is COc1cc(C(=O)NCCCOCCCOCCOc2cccc3c2CN(C2CCC(=O)NC2=O)C3=O)ccc1Nc1ncc2c(n1)N(C1CCCC1)CC(F)(F)C(=O)N2C. The number of rotatable bonds is 18. The van der Waals surface area contributed by atoms with Gasteiger partial charge in [-0.3, -0.25) is 29.3 Å². The number of aromatic nitrogens is 2. The van der Waals surface area contributed by atoms with Crippen molar-refractivity contribution >= 4 is 52.7 Å². The fraction of sp³-hybridized carbons (Fsp3) is 0.500. The molecule has 1 aliphatic carbocycles. The number of nitrogens with one attached hydrogen (secondary N) is 3. The van der Waals surface area contributed by atoms with Gasteiger partial charge in [0.1, 0.15) is 29.8 Å². The van der Waals surface area contributed by atoms with Crippen LogP contribution in [0.2, 0.25) is 0 Å². The number of piperidine rings is 1. The fourth-order valence-corrected chi connectivity index (χ4v) is 8.01. The van der Waals surface area contributed by atoms with Gasteiger partial charge in [-0.05, 0) is 62.4 Å². The van der Waals surface area contributed by atoms with Gasteiger partial charge in [0.25, 0.3) is 17.7 Å². The van der Waals surface area contributed by atoms with E-state index < -0.39 is 30.3 Å². The first-order chi connectivity index (χ1) is 29.4. The number of hydrogen-bond donors (Lipinski definition) is 3. The molecular weight excluding hydrogens is 799 g/mol. The van der Waals surface area contributed by atoms with Gasteiger partial charge in [-0.2, -0.15) is 13.8 Å². The van der Waals surface area contributed by atoms with Gasteiger partial charge >= 0.3 is 5.92 Å². The number of fused-ring (bicyclic) bond motifs is 2. The summed E-state index contributed by atoms with van der Waals surface area (Å²) in [6.07, 6.45) is 6.35. The van der Waals surface area contributed by atoms with Crippen LogP contribution in [-0.2, 0) is 30.4 Å². The molecule has 2 fully saturated rings. The quantitative estimate of drug-likeness (QED) is 0.123. The van der Waals surface area contributed by atoms with Crippen molar-refractivity contribution in [3.05, 3.63) is 59.3 Å². The van der Waals surface area contributed by atoms with Gasteiger partial charge in [0.2, 0.25) is 17.8 Å². The van der Waals surface area contributed by atoms with Crippen LogP contribution < -0.4 is 35.2 Å². The van der Waals surface area contributed by atoms with E-state index in [0.29, 0.717) is 86.1 Å². The number of nitrogens with zero attached hydrogens (tertiary/aromatic N) is 5. The Kier molecular flexibility index (Phi) is 13.6. The monoisotopic (exact) mass is 848 g/mol. The lowest BCUT2D eigenvalue weighted by Gasteiger charge is -2.31. The lowest BCUT2D eigenvalue weighted by molar-refractivity contribution is -0.140. The van der Waals surface area contributed by atoms with Crippen molar-refractivity contribution in [2.24, 2.45) is 0 Å². The Labute approximate surface area is 351 Å². The van der Waals surface area contributed by atoms with Crippen LogP contribution in [-0.4, -0.2) is 123 Å². The number of ether oxygens (including phenoxy) is 4. The van der Waals surface area contributed by atoms with E-state index in [-0.39, 0.29) is 60.8 Å². The summed E-state index contributed by atoms with van der Waals surface area (Å²) in [6, 6.07) is 9.19. The first kappa shape index (κ1) is 43.1. The zero-order valence-electron chi connectivity index (χ0n) is 34.2. The van der Waals surface area contributed by atoms with E-state index >= 15 is 0 Å². The first-order valence-corrected chi connectivity index (χ1v) is 20.5. The lowest BCUT2D eigenvalue weighted by atomic mass is 10.0. The maximum absolute atomic E-state index is 15.0. The van der Waals surface area contributed by atoms with E-state index in [1.165, 1.54) is 30.2 Å². The molecule has 326 valence electrons. The summed E-state index contributed by atoms with van der Waals surface area (Å²) in [6.45, 7) is 1.80. The van der Waals surface area contributed by atoms with E-state index in [1.807, 2.05) is 0 Å². The topological polar surface area (TPSA) is 194 Å². The minimum absolute atomic E-state index is 0.122. The third kappa shape index (κ3) is 9.83. The number of anilines is 4. The maximum atomic E-state index is 15.0. The summed E-state index contributed by atoms with van der Waals surface area (Å²) in [5, 5.41) is 8.26. The molecule has 1 aromatic heterocycles. The number of carbonyl (C=O) groups excluding carboxylic acids is 5. The molecule has 3 N–H and O–H groups in total. The number of alkyl halides is 2. The molecule has 0 bridgehead atoms. The Morgan fingerprint density at radius 2 is 1.72 bits per heavy atom. The summed E-state index contributed by atoms with van der Waals surface area (Å²) in [4.78, 5) is 75.3. The predicted octanol–water partition coefficient (Wildman–Crippen LogP) is 3.97. The van der Waals surface area contributed by atoms with E-state index in [1.54, 1.807) is 36.4 Å². The molecule has 5 amide bonds. The van der Waals surface area contributed by atoms with Crippen LogP contribution >= 0.6 is 0 Å². The summed E-state index contributed by atoms with van der Waals surface area (Å²) in [5.74, 6) is -4.97. The maximum Gasteiger partial charge on any atom is 0.342 e. The molecule has 3 aliphatic heterocycles. The predicted molar refractivity (Wildman–Crippen MR) is 217 cm³/mol. The number of benzene rings is 2. The summed E-state index contributed by atoms with van der Waals surface area (Å²) < 4.78 is 52.8. The smallest absolute Gasteiger partial charge is 0.342 e. The Balaban J connectivity index is 0.796. The van der Waals surface area contributed by atoms with Crippen molar-refractivity contribution in [2.45, 2.75) is 75.9 Å². The Morgan fingerprint density at radius 3 is 2.49 bits per heavy atom. The van der Waals surface area contributed by atoms with Gasteiger partial charge in [-0.1, -0.05) is 18.9 Å². The molecular formula is C42H50F2N8O9. The van der Waals surface area contributed by atoms with Crippen molar-refractivity contribution in [3.63, 3.8) is 0 Å². The Hall–Kier alpha value is -5.95. The molecule has 0 radical (unpaired) electrons. The molecule has 3 aromatic rings. The molecule has 1 saturated heterocycles. The van der Waals surface area contributed by atoms with Crippen molar-refractivity contribution in [3.8, 4) is 11.5 Å². The first-order valence-electron chi connectivity index (χ1n) is 20.5. The molecule has 19 heteroatoms. The zero-order chi connectivity index (χ0) is 43.1. The molecule has 61 heavy (non-hydrogen) atoms. The normalized spacial score (nSPS) is 18.8. The molecule has 2 aromatic carbocycles. The van der Waals surface area contributed by atoms with E-state index in [0.717, 1.165) is 30.6 Å². The largest absolute Gasteiger partial charge is 0.495 e. The van der Waals surface area contributed by atoms with Crippen LogP contribution in [0.25, 0.3) is 0 Å². The second-order valence-corrected chi connectivity index (χ2v) is 15.3.